The lowest BCUT2D eigenvalue weighted by molar-refractivity contribution is -0.183. The van der Waals surface area contributed by atoms with Crippen molar-refractivity contribution in [3.05, 3.63) is 59.7 Å². The largest absolute Gasteiger partial charge is 0.389 e. The van der Waals surface area contributed by atoms with Crippen molar-refractivity contribution in [1.29, 1.82) is 0 Å². The van der Waals surface area contributed by atoms with Crippen LogP contribution < -0.4 is 0 Å². The van der Waals surface area contributed by atoms with E-state index in [0.717, 1.165) is 6.42 Å². The van der Waals surface area contributed by atoms with Crippen molar-refractivity contribution in [1.82, 2.24) is 0 Å². The summed E-state index contributed by atoms with van der Waals surface area (Å²) >= 11 is 0. The molecule has 0 atom stereocenters. The molecule has 0 saturated carbocycles. The Hall–Kier alpha value is -1.98. The van der Waals surface area contributed by atoms with Gasteiger partial charge in [-0.05, 0) is 28.7 Å². The molecule has 0 amide bonds. The Morgan fingerprint density at radius 3 is 1.30 bits per heavy atom. The molecule has 6 heteroatoms. The summed E-state index contributed by atoms with van der Waals surface area (Å²) in [5, 5.41) is 0. The molecular formula is C17H14F6. The molecule has 0 spiro atoms. The minimum absolute atomic E-state index is 1.10. The van der Waals surface area contributed by atoms with Crippen LogP contribution in [0.1, 0.15) is 24.0 Å². The Kier molecular flexibility index (Phi) is 5.02. The van der Waals surface area contributed by atoms with Crippen LogP contribution in [0.25, 0.3) is 11.1 Å². The highest BCUT2D eigenvalue weighted by molar-refractivity contribution is 5.76. The summed E-state index contributed by atoms with van der Waals surface area (Å²) in [5.41, 5.74) is 5.75. The highest BCUT2D eigenvalue weighted by Crippen LogP contribution is 2.35. The zero-order valence-electron chi connectivity index (χ0n) is 12.0. The van der Waals surface area contributed by atoms with E-state index in [9.17, 15) is 26.3 Å². The fourth-order valence-corrected chi connectivity index (χ4v) is 2.36. The lowest BCUT2D eigenvalue weighted by Gasteiger charge is -2.07. The van der Waals surface area contributed by atoms with E-state index in [1.807, 2.05) is 0 Å². The van der Waals surface area contributed by atoms with Gasteiger partial charge in [0.05, 0.1) is 12.8 Å². The monoisotopic (exact) mass is 332 g/mol. The summed E-state index contributed by atoms with van der Waals surface area (Å²) in [7, 11) is 0. The summed E-state index contributed by atoms with van der Waals surface area (Å²) < 4.78 is 66.5. The molecule has 1 aliphatic carbocycles. The Morgan fingerprint density at radius 2 is 0.957 bits per heavy atom. The van der Waals surface area contributed by atoms with E-state index in [2.05, 4.69) is 48.5 Å². The molecule has 0 unspecified atom stereocenters. The highest BCUT2D eigenvalue weighted by Gasteiger charge is 2.36. The van der Waals surface area contributed by atoms with Crippen molar-refractivity contribution >= 4 is 0 Å². The lowest BCUT2D eigenvalue weighted by Crippen LogP contribution is -2.15. The van der Waals surface area contributed by atoms with Crippen LogP contribution in [0, 0.1) is 0 Å². The number of halogens is 6. The number of rotatable bonds is 1. The van der Waals surface area contributed by atoms with Gasteiger partial charge >= 0.3 is 12.4 Å². The van der Waals surface area contributed by atoms with E-state index >= 15 is 0 Å². The molecule has 124 valence electrons. The van der Waals surface area contributed by atoms with Gasteiger partial charge < -0.3 is 0 Å². The second kappa shape index (κ2) is 6.64. The first kappa shape index (κ1) is 17.4. The van der Waals surface area contributed by atoms with Crippen molar-refractivity contribution in [2.24, 2.45) is 0 Å². The van der Waals surface area contributed by atoms with E-state index in [-0.39, 0.29) is 0 Å². The minimum atomic E-state index is -4.71. The topological polar surface area (TPSA) is 0 Å². The van der Waals surface area contributed by atoms with Crippen LogP contribution in [0.5, 0.6) is 0 Å². The molecule has 0 aromatic heterocycles. The summed E-state index contributed by atoms with van der Waals surface area (Å²) in [5.74, 6) is 0. The van der Waals surface area contributed by atoms with Crippen LogP contribution in [-0.4, -0.2) is 12.4 Å². The normalized spacial score (nSPS) is 13.0. The van der Waals surface area contributed by atoms with Gasteiger partial charge in [-0.15, -0.1) is 0 Å². The summed E-state index contributed by atoms with van der Waals surface area (Å²) in [4.78, 5) is 0. The summed E-state index contributed by atoms with van der Waals surface area (Å²) in [6.45, 7) is 0. The Balaban J connectivity index is 0.000000175. The van der Waals surface area contributed by atoms with Gasteiger partial charge in [0.1, 0.15) is 0 Å². The van der Waals surface area contributed by atoms with E-state index in [1.54, 1.807) is 0 Å². The van der Waals surface area contributed by atoms with E-state index in [0.29, 0.717) is 0 Å². The first-order valence-electron chi connectivity index (χ1n) is 6.95. The molecule has 0 heterocycles. The number of hydrogen-bond donors (Lipinski definition) is 0. The second-order valence-electron chi connectivity index (χ2n) is 5.22. The predicted octanol–water partition coefficient (Wildman–Crippen LogP) is 6.15. The van der Waals surface area contributed by atoms with Gasteiger partial charge in [-0.2, -0.15) is 26.3 Å². The fourth-order valence-electron chi connectivity index (χ4n) is 2.36. The molecule has 0 bridgehead atoms. The number of fused-ring (bicyclic) bond motifs is 3. The highest BCUT2D eigenvalue weighted by atomic mass is 19.4. The van der Waals surface area contributed by atoms with Crippen molar-refractivity contribution in [2.75, 3.05) is 0 Å². The maximum absolute atomic E-state index is 11.1. The van der Waals surface area contributed by atoms with Gasteiger partial charge in [-0.1, -0.05) is 48.5 Å². The zero-order valence-corrected chi connectivity index (χ0v) is 12.0. The van der Waals surface area contributed by atoms with Gasteiger partial charge in [0.25, 0.3) is 0 Å². The molecule has 0 N–H and O–H groups in total. The summed E-state index contributed by atoms with van der Waals surface area (Å²) in [6.07, 6.45) is -11.9. The zero-order chi connectivity index (χ0) is 17.1. The number of benzene rings is 2. The number of alkyl halides is 6. The molecular weight excluding hydrogens is 318 g/mol. The average molecular weight is 332 g/mol. The molecule has 1 aliphatic rings. The van der Waals surface area contributed by atoms with Crippen LogP contribution in [0.15, 0.2) is 48.5 Å². The number of hydrogen-bond acceptors (Lipinski definition) is 0. The Labute approximate surface area is 129 Å². The standard InChI is InChI=1S/C13H10.C4H4F6/c1-3-7-12-10(5-1)9-11-6-2-4-8-13(11)12;5-3(6,7)1-2-4(8,9)10/h1-8H,9H2;1-2H2. The maximum Gasteiger partial charge on any atom is 0.389 e. The fraction of sp³-hybridized carbons (Fsp3) is 0.294. The third kappa shape index (κ3) is 5.30. The molecule has 0 fully saturated rings. The smallest absolute Gasteiger partial charge is 0.171 e. The van der Waals surface area contributed by atoms with Gasteiger partial charge in [0, 0.05) is 0 Å². The van der Waals surface area contributed by atoms with Gasteiger partial charge in [-0.25, -0.2) is 0 Å². The molecule has 2 aromatic carbocycles. The molecule has 3 rings (SSSR count). The Bertz CT molecular complexity index is 597. The quantitative estimate of drug-likeness (QED) is 0.469. The third-order valence-corrected chi connectivity index (χ3v) is 3.40. The molecule has 0 saturated heterocycles. The first-order chi connectivity index (χ1) is 10.7. The van der Waals surface area contributed by atoms with Crippen molar-refractivity contribution in [2.45, 2.75) is 31.6 Å². The van der Waals surface area contributed by atoms with Gasteiger partial charge in [0.2, 0.25) is 0 Å². The maximum atomic E-state index is 11.1. The molecule has 0 aliphatic heterocycles. The molecule has 23 heavy (non-hydrogen) atoms. The second-order valence-corrected chi connectivity index (χ2v) is 5.22. The average Bonchev–Trinajstić information content (AvgIpc) is 2.83. The predicted molar refractivity (Wildman–Crippen MR) is 76.0 cm³/mol. The van der Waals surface area contributed by atoms with Gasteiger partial charge in [0.15, 0.2) is 0 Å². The van der Waals surface area contributed by atoms with Crippen LogP contribution in [0.3, 0.4) is 0 Å². The molecule has 2 aromatic rings. The third-order valence-electron chi connectivity index (χ3n) is 3.40. The van der Waals surface area contributed by atoms with Crippen LogP contribution in [0.2, 0.25) is 0 Å². The van der Waals surface area contributed by atoms with E-state index < -0.39 is 25.2 Å². The molecule has 0 radical (unpaired) electrons. The summed E-state index contributed by atoms with van der Waals surface area (Å²) in [6, 6.07) is 17.3. The van der Waals surface area contributed by atoms with Crippen molar-refractivity contribution in [3.8, 4) is 11.1 Å². The van der Waals surface area contributed by atoms with Crippen LogP contribution >= 0.6 is 0 Å². The van der Waals surface area contributed by atoms with Crippen molar-refractivity contribution in [3.63, 3.8) is 0 Å². The van der Waals surface area contributed by atoms with E-state index in [1.165, 1.54) is 22.3 Å². The van der Waals surface area contributed by atoms with E-state index in [4.69, 9.17) is 0 Å². The molecule has 0 nitrogen and oxygen atoms in total. The Morgan fingerprint density at radius 1 is 0.609 bits per heavy atom. The van der Waals surface area contributed by atoms with Crippen LogP contribution in [-0.2, 0) is 6.42 Å². The minimum Gasteiger partial charge on any atom is -0.171 e. The van der Waals surface area contributed by atoms with Gasteiger partial charge in [-0.3, -0.25) is 0 Å². The first-order valence-corrected chi connectivity index (χ1v) is 6.95. The lowest BCUT2D eigenvalue weighted by atomic mass is 10.1. The SMILES string of the molecule is FC(F)(F)CCC(F)(F)F.c1ccc2c(c1)Cc1ccccc1-2. The van der Waals surface area contributed by atoms with Crippen molar-refractivity contribution < 1.29 is 26.3 Å². The van der Waals surface area contributed by atoms with Crippen LogP contribution in [0.4, 0.5) is 26.3 Å².